The third kappa shape index (κ3) is 3.71. The van der Waals surface area contributed by atoms with E-state index in [1.807, 2.05) is 19.9 Å². The van der Waals surface area contributed by atoms with Crippen LogP contribution in [0.4, 0.5) is 4.39 Å². The van der Waals surface area contributed by atoms with Gasteiger partial charge >= 0.3 is 0 Å². The number of nitrogens with zero attached hydrogens (tertiary/aromatic N) is 2. The number of halogens is 1. The standard InChI is InChI=1S/C18H20FN3O2S/c1-10(2)17-21-14(24-22-17)8-5-9-20-18(23)16-11(3)15-12(19)6-4-7-13(15)25-16/h4,6-7,10H,5,8-9H2,1-3H3,(H,20,23). The molecule has 0 saturated carbocycles. The lowest BCUT2D eigenvalue weighted by molar-refractivity contribution is 0.0956. The van der Waals surface area contributed by atoms with Gasteiger partial charge in [0.1, 0.15) is 5.82 Å². The maximum absolute atomic E-state index is 13.9. The molecule has 1 aromatic carbocycles. The molecule has 7 heteroatoms. The first-order valence-electron chi connectivity index (χ1n) is 8.25. The fourth-order valence-corrected chi connectivity index (χ4v) is 3.74. The highest BCUT2D eigenvalue weighted by Gasteiger charge is 2.17. The third-order valence-corrected chi connectivity index (χ3v) is 5.22. The highest BCUT2D eigenvalue weighted by molar-refractivity contribution is 7.21. The third-order valence-electron chi connectivity index (χ3n) is 3.96. The molecule has 1 amide bonds. The van der Waals surface area contributed by atoms with Crippen molar-refractivity contribution in [1.29, 1.82) is 0 Å². The average Bonchev–Trinajstić information content (AvgIpc) is 3.17. The molecule has 3 rings (SSSR count). The van der Waals surface area contributed by atoms with Gasteiger partial charge in [0.05, 0.1) is 4.88 Å². The Balaban J connectivity index is 1.57. The number of amides is 1. The molecule has 25 heavy (non-hydrogen) atoms. The highest BCUT2D eigenvalue weighted by Crippen LogP contribution is 2.32. The Hall–Kier alpha value is -2.28. The Kier molecular flexibility index (Phi) is 5.13. The van der Waals surface area contributed by atoms with Crippen LogP contribution in [0.5, 0.6) is 0 Å². The molecule has 0 atom stereocenters. The maximum Gasteiger partial charge on any atom is 0.261 e. The first kappa shape index (κ1) is 17.5. The minimum atomic E-state index is -0.289. The van der Waals surface area contributed by atoms with E-state index < -0.39 is 0 Å². The lowest BCUT2D eigenvalue weighted by Gasteiger charge is -2.03. The van der Waals surface area contributed by atoms with E-state index in [4.69, 9.17) is 4.52 Å². The van der Waals surface area contributed by atoms with E-state index in [-0.39, 0.29) is 17.6 Å². The number of aryl methyl sites for hydroxylation is 2. The molecule has 0 fully saturated rings. The molecule has 132 valence electrons. The van der Waals surface area contributed by atoms with Gasteiger partial charge in [-0.1, -0.05) is 25.1 Å². The molecule has 3 aromatic rings. The van der Waals surface area contributed by atoms with Crippen LogP contribution in [0.15, 0.2) is 22.7 Å². The summed E-state index contributed by atoms with van der Waals surface area (Å²) in [5.41, 5.74) is 0.689. The van der Waals surface area contributed by atoms with Crippen LogP contribution in [0.3, 0.4) is 0 Å². The summed E-state index contributed by atoms with van der Waals surface area (Å²) >= 11 is 1.31. The number of aromatic nitrogens is 2. The second-order valence-corrected chi connectivity index (χ2v) is 7.28. The number of thiophene rings is 1. The monoisotopic (exact) mass is 361 g/mol. The van der Waals surface area contributed by atoms with Gasteiger partial charge in [-0.05, 0) is 31.0 Å². The summed E-state index contributed by atoms with van der Waals surface area (Å²) in [6.07, 6.45) is 1.31. The lowest BCUT2D eigenvalue weighted by Crippen LogP contribution is -2.24. The second kappa shape index (κ2) is 7.31. The van der Waals surface area contributed by atoms with Gasteiger partial charge in [0.2, 0.25) is 5.89 Å². The Labute approximate surface area is 149 Å². The molecule has 0 radical (unpaired) electrons. The molecule has 2 heterocycles. The van der Waals surface area contributed by atoms with Crippen molar-refractivity contribution < 1.29 is 13.7 Å². The van der Waals surface area contributed by atoms with Crippen molar-refractivity contribution in [1.82, 2.24) is 15.5 Å². The quantitative estimate of drug-likeness (QED) is 0.668. The molecule has 0 saturated heterocycles. The zero-order valence-corrected chi connectivity index (χ0v) is 15.2. The Morgan fingerprint density at radius 2 is 2.20 bits per heavy atom. The topological polar surface area (TPSA) is 68.0 Å². The van der Waals surface area contributed by atoms with Crippen molar-refractivity contribution in [3.63, 3.8) is 0 Å². The van der Waals surface area contributed by atoms with Crippen molar-refractivity contribution >= 4 is 27.3 Å². The van der Waals surface area contributed by atoms with E-state index in [0.29, 0.717) is 46.9 Å². The van der Waals surface area contributed by atoms with Crippen LogP contribution in [0.1, 0.15) is 53.1 Å². The number of hydrogen-bond acceptors (Lipinski definition) is 5. The van der Waals surface area contributed by atoms with Gasteiger partial charge in [-0.2, -0.15) is 4.98 Å². The smallest absolute Gasteiger partial charge is 0.261 e. The van der Waals surface area contributed by atoms with Gasteiger partial charge < -0.3 is 9.84 Å². The molecule has 0 bridgehead atoms. The van der Waals surface area contributed by atoms with Crippen LogP contribution in [0.25, 0.3) is 10.1 Å². The zero-order valence-electron chi connectivity index (χ0n) is 14.4. The SMILES string of the molecule is Cc1c(C(=O)NCCCc2nc(C(C)C)no2)sc2cccc(F)c12. The van der Waals surface area contributed by atoms with E-state index in [1.54, 1.807) is 13.0 Å². The molecule has 0 aliphatic rings. The van der Waals surface area contributed by atoms with Crippen LogP contribution in [0, 0.1) is 12.7 Å². The molecule has 2 aromatic heterocycles. The predicted octanol–water partition coefficient (Wildman–Crippen LogP) is 4.22. The minimum absolute atomic E-state index is 0.175. The highest BCUT2D eigenvalue weighted by atomic mass is 32.1. The molecular weight excluding hydrogens is 341 g/mol. The molecule has 5 nitrogen and oxygen atoms in total. The van der Waals surface area contributed by atoms with Crippen molar-refractivity contribution in [3.05, 3.63) is 46.2 Å². The van der Waals surface area contributed by atoms with Crippen LogP contribution < -0.4 is 5.32 Å². The number of benzene rings is 1. The van der Waals surface area contributed by atoms with Crippen molar-refractivity contribution in [3.8, 4) is 0 Å². The minimum Gasteiger partial charge on any atom is -0.351 e. The van der Waals surface area contributed by atoms with Gasteiger partial charge in [0.25, 0.3) is 5.91 Å². The summed E-state index contributed by atoms with van der Waals surface area (Å²) in [7, 11) is 0. The summed E-state index contributed by atoms with van der Waals surface area (Å²) in [5, 5.41) is 7.33. The molecule has 0 spiro atoms. The lowest BCUT2D eigenvalue weighted by atomic mass is 10.1. The number of fused-ring (bicyclic) bond motifs is 1. The van der Waals surface area contributed by atoms with Gasteiger partial charge in [-0.15, -0.1) is 11.3 Å². The summed E-state index contributed by atoms with van der Waals surface area (Å²) in [4.78, 5) is 17.2. The number of carbonyl (C=O) groups is 1. The zero-order chi connectivity index (χ0) is 18.0. The number of rotatable bonds is 6. The fraction of sp³-hybridized carbons (Fsp3) is 0.389. The Morgan fingerprint density at radius 1 is 1.40 bits per heavy atom. The predicted molar refractivity (Wildman–Crippen MR) is 95.6 cm³/mol. The molecule has 1 N–H and O–H groups in total. The van der Waals surface area contributed by atoms with E-state index in [0.717, 1.165) is 4.70 Å². The Morgan fingerprint density at radius 3 is 2.88 bits per heavy atom. The summed E-state index contributed by atoms with van der Waals surface area (Å²) in [5.74, 6) is 1.04. The van der Waals surface area contributed by atoms with E-state index >= 15 is 0 Å². The summed E-state index contributed by atoms with van der Waals surface area (Å²) < 4.78 is 19.9. The second-order valence-electron chi connectivity index (χ2n) is 6.23. The van der Waals surface area contributed by atoms with Crippen LogP contribution in [-0.2, 0) is 6.42 Å². The van der Waals surface area contributed by atoms with Crippen LogP contribution in [0.2, 0.25) is 0 Å². The van der Waals surface area contributed by atoms with Gasteiger partial charge in [0.15, 0.2) is 5.82 Å². The number of hydrogen-bond donors (Lipinski definition) is 1. The Bertz CT molecular complexity index is 901. The fourth-order valence-electron chi connectivity index (χ4n) is 2.60. The first-order valence-corrected chi connectivity index (χ1v) is 9.07. The maximum atomic E-state index is 13.9. The molecule has 0 unspecified atom stereocenters. The number of nitrogens with one attached hydrogen (secondary N) is 1. The average molecular weight is 361 g/mol. The van der Waals surface area contributed by atoms with Crippen molar-refractivity contribution in [2.75, 3.05) is 6.54 Å². The van der Waals surface area contributed by atoms with Gasteiger partial charge in [-0.25, -0.2) is 4.39 Å². The van der Waals surface area contributed by atoms with E-state index in [2.05, 4.69) is 15.5 Å². The van der Waals surface area contributed by atoms with Crippen LogP contribution in [-0.4, -0.2) is 22.6 Å². The first-order chi connectivity index (χ1) is 12.0. The molecular formula is C18H20FN3O2S. The van der Waals surface area contributed by atoms with E-state index in [9.17, 15) is 9.18 Å². The van der Waals surface area contributed by atoms with E-state index in [1.165, 1.54) is 17.4 Å². The number of carbonyl (C=O) groups excluding carboxylic acids is 1. The molecule has 0 aliphatic carbocycles. The van der Waals surface area contributed by atoms with Gasteiger partial charge in [-0.3, -0.25) is 4.79 Å². The van der Waals surface area contributed by atoms with Crippen molar-refractivity contribution in [2.45, 2.75) is 39.5 Å². The normalized spacial score (nSPS) is 11.4. The van der Waals surface area contributed by atoms with Crippen LogP contribution >= 0.6 is 11.3 Å². The summed E-state index contributed by atoms with van der Waals surface area (Å²) in [6.45, 7) is 6.28. The largest absolute Gasteiger partial charge is 0.351 e. The van der Waals surface area contributed by atoms with Crippen molar-refractivity contribution in [2.24, 2.45) is 0 Å². The summed E-state index contributed by atoms with van der Waals surface area (Å²) in [6, 6.07) is 4.90. The molecule has 0 aliphatic heterocycles. The van der Waals surface area contributed by atoms with Gasteiger partial charge in [0, 0.05) is 29.0 Å².